The van der Waals surface area contributed by atoms with Gasteiger partial charge in [-0.3, -0.25) is 18.2 Å². The lowest BCUT2D eigenvalue weighted by atomic mass is 9.98. The summed E-state index contributed by atoms with van der Waals surface area (Å²) in [6.07, 6.45) is -0.221. The Kier molecular flexibility index (Phi) is 14.6. The highest BCUT2D eigenvalue weighted by Crippen LogP contribution is 2.70. The second kappa shape index (κ2) is 18.4. The Morgan fingerprint density at radius 1 is 0.912 bits per heavy atom. The van der Waals surface area contributed by atoms with Crippen LogP contribution < -0.4 is 16.7 Å². The molecular formula is C32H44N4O17P4. The van der Waals surface area contributed by atoms with Crippen molar-refractivity contribution in [3.63, 3.8) is 0 Å². The molecule has 57 heavy (non-hydrogen) atoms. The summed E-state index contributed by atoms with van der Waals surface area (Å²) in [5.74, 6) is -1.82. The fourth-order valence-corrected chi connectivity index (χ4v) is 12.8. The Morgan fingerprint density at radius 3 is 2.19 bits per heavy atom. The summed E-state index contributed by atoms with van der Waals surface area (Å²) in [7, 11) is -21.9. The third kappa shape index (κ3) is 12.5. The van der Waals surface area contributed by atoms with Gasteiger partial charge in [-0.05, 0) is 48.1 Å². The highest BCUT2D eigenvalue weighted by molar-refractivity contribution is 7.75. The number of aromatic nitrogens is 2. The number of nitrogens with zero attached hydrogens (tertiary/aromatic N) is 2. The van der Waals surface area contributed by atoms with Crippen LogP contribution in [0.2, 0.25) is 0 Å². The third-order valence-corrected chi connectivity index (χ3v) is 16.4. The molecule has 0 saturated carbocycles. The summed E-state index contributed by atoms with van der Waals surface area (Å²) in [5.41, 5.74) is 7.28. The first-order valence-corrected chi connectivity index (χ1v) is 24.0. The van der Waals surface area contributed by atoms with Gasteiger partial charge in [0.1, 0.15) is 24.3 Å². The van der Waals surface area contributed by atoms with Gasteiger partial charge in [0.25, 0.3) is 0 Å². The van der Waals surface area contributed by atoms with Crippen LogP contribution in [0.5, 0.6) is 0 Å². The van der Waals surface area contributed by atoms with E-state index in [1.54, 1.807) is 0 Å². The lowest BCUT2D eigenvalue weighted by Crippen LogP contribution is -2.40. The molecule has 5 rings (SSSR count). The van der Waals surface area contributed by atoms with E-state index in [1.807, 2.05) is 48.5 Å². The molecule has 1 aromatic heterocycles. The van der Waals surface area contributed by atoms with Gasteiger partial charge in [-0.1, -0.05) is 61.4 Å². The molecule has 2 aliphatic rings. The number of anilines is 1. The highest BCUT2D eigenvalue weighted by Gasteiger charge is 2.49. The number of nitrogens with two attached hydrogens (primary N) is 1. The maximum Gasteiger partial charge on any atom is 0.488 e. The van der Waals surface area contributed by atoms with Crippen LogP contribution in [-0.4, -0.2) is 84.3 Å². The number of phosphoric ester groups is 1. The third-order valence-electron chi connectivity index (χ3n) is 8.98. The summed E-state index contributed by atoms with van der Waals surface area (Å²) < 4.78 is 79.5. The number of carbonyl (C=O) groups is 1. The van der Waals surface area contributed by atoms with Crippen LogP contribution in [0.4, 0.5) is 10.6 Å². The van der Waals surface area contributed by atoms with Crippen LogP contribution in [0.1, 0.15) is 62.3 Å². The molecule has 1 saturated heterocycles. The molecule has 314 valence electrons. The number of aliphatic hydroxyl groups is 1. The van der Waals surface area contributed by atoms with Crippen molar-refractivity contribution in [1.82, 2.24) is 14.9 Å². The Hall–Kier alpha value is -3.09. The molecule has 2 heterocycles. The van der Waals surface area contributed by atoms with E-state index in [2.05, 4.69) is 23.4 Å². The van der Waals surface area contributed by atoms with Gasteiger partial charge in [0.15, 0.2) is 5.90 Å². The number of aliphatic hydroxyl groups excluding tert-OH is 1. The number of benzene rings is 2. The van der Waals surface area contributed by atoms with Gasteiger partial charge < -0.3 is 49.7 Å². The number of fused-ring (bicyclic) bond motifs is 3. The molecule has 1 fully saturated rings. The number of carbonyl (C=O) groups excluding carboxylic acids is 1. The summed E-state index contributed by atoms with van der Waals surface area (Å²) in [6.45, 7) is 0.397. The van der Waals surface area contributed by atoms with Gasteiger partial charge in [0.05, 0.1) is 19.3 Å². The Bertz CT molecular complexity index is 2130. The Labute approximate surface area is 326 Å². The van der Waals surface area contributed by atoms with E-state index in [4.69, 9.17) is 19.7 Å². The van der Waals surface area contributed by atoms with Crippen LogP contribution in [0.3, 0.4) is 0 Å². The maximum absolute atomic E-state index is 12.5. The van der Waals surface area contributed by atoms with Gasteiger partial charge in [-0.2, -0.15) is 9.29 Å². The summed E-state index contributed by atoms with van der Waals surface area (Å²) in [5, 5.41) is 13.2. The highest BCUT2D eigenvalue weighted by atomic mass is 31.3. The van der Waals surface area contributed by atoms with Gasteiger partial charge in [0, 0.05) is 25.1 Å². The molecule has 8 N–H and O–H groups in total. The smallest absolute Gasteiger partial charge is 0.449 e. The molecule has 1 aliphatic carbocycles. The van der Waals surface area contributed by atoms with E-state index in [-0.39, 0.29) is 37.8 Å². The van der Waals surface area contributed by atoms with Gasteiger partial charge in [-0.25, -0.2) is 23.0 Å². The first-order valence-electron chi connectivity index (χ1n) is 17.5. The number of ether oxygens (including phenoxy) is 2. The number of nitrogen functional groups attached to an aromatic ring is 1. The molecule has 7 atom stereocenters. The number of phosphoric acid groups is 2. The first-order chi connectivity index (χ1) is 26.7. The summed E-state index contributed by atoms with van der Waals surface area (Å²) >= 11 is 0. The second-order valence-electron chi connectivity index (χ2n) is 13.5. The molecule has 5 unspecified atom stereocenters. The monoisotopic (exact) mass is 880 g/mol. The largest absolute Gasteiger partial charge is 0.488 e. The summed E-state index contributed by atoms with van der Waals surface area (Å²) in [6, 6.07) is 17.2. The van der Waals surface area contributed by atoms with Gasteiger partial charge in [0.2, 0.25) is 0 Å². The van der Waals surface area contributed by atoms with Crippen LogP contribution in [0.15, 0.2) is 65.6 Å². The minimum atomic E-state index is -5.93. The summed E-state index contributed by atoms with van der Waals surface area (Å²) in [4.78, 5) is 68.1. The standard InChI is InChI=1S/C32H44N4O17P4/c1-32(27(37)18-29(51-32)36-16-14-28(33)35-30(36)38)20-50-56(44,45)53-57(46,47)52-55(42,43)21-54(40,41)49-17-9-3-2-8-15-34-31(39)48-19-26-24-12-6-4-10-22(24)23-11-5-7-13-25(23)26/h4-7,10-14,16,26-27,29,37H,2-3,8-9,15,17-21H2,1H3,(H,34,39)(H,40,41)(H,42,43)(H,44,45)(H,46,47)(H2,33,35,38)/t27?,29-,32-/m1/s1. The van der Waals surface area contributed by atoms with Crippen molar-refractivity contribution in [1.29, 1.82) is 0 Å². The average molecular weight is 881 g/mol. The van der Waals surface area contributed by atoms with E-state index in [9.17, 15) is 52.5 Å². The van der Waals surface area contributed by atoms with E-state index < -0.39 is 73.1 Å². The number of nitrogens with one attached hydrogen (secondary N) is 1. The zero-order valence-corrected chi connectivity index (χ0v) is 34.1. The van der Waals surface area contributed by atoms with E-state index in [0.29, 0.717) is 25.8 Å². The molecule has 0 spiro atoms. The SMILES string of the molecule is C[C@]1(COP(=O)(O)OP(=O)(O)OP(=O)(O)CP(=O)(O)OCCCCCCNC(=O)OCC2c3ccccc3-c3ccccc32)O[C@@H](n2ccc(N)nc2=O)CC1O. The fourth-order valence-electron chi connectivity index (χ4n) is 6.28. The van der Waals surface area contributed by atoms with Crippen LogP contribution >= 0.6 is 30.8 Å². The molecule has 0 radical (unpaired) electrons. The molecule has 25 heteroatoms. The predicted octanol–water partition coefficient (Wildman–Crippen LogP) is 4.56. The molecular weight excluding hydrogens is 836 g/mol. The molecule has 1 amide bonds. The topological polar surface area (TPSA) is 315 Å². The minimum Gasteiger partial charge on any atom is -0.449 e. The van der Waals surface area contributed by atoms with E-state index >= 15 is 0 Å². The fraction of sp³-hybridized carbons (Fsp3) is 0.469. The number of rotatable bonds is 20. The van der Waals surface area contributed by atoms with Crippen molar-refractivity contribution < 1.29 is 74.9 Å². The first kappa shape index (κ1) is 45.0. The van der Waals surface area contributed by atoms with Crippen LogP contribution in [-0.2, 0) is 45.4 Å². The van der Waals surface area contributed by atoms with E-state index in [1.165, 1.54) is 19.2 Å². The quantitative estimate of drug-likeness (QED) is 0.0604. The number of hydrogen-bond acceptors (Lipinski definition) is 15. The molecule has 2 aromatic carbocycles. The van der Waals surface area contributed by atoms with Crippen molar-refractivity contribution >= 4 is 42.7 Å². The van der Waals surface area contributed by atoms with E-state index in [0.717, 1.165) is 26.8 Å². The average Bonchev–Trinajstić information content (AvgIpc) is 3.59. The molecule has 0 bridgehead atoms. The molecule has 21 nitrogen and oxygen atoms in total. The zero-order chi connectivity index (χ0) is 41.6. The maximum atomic E-state index is 12.5. The predicted molar refractivity (Wildman–Crippen MR) is 202 cm³/mol. The van der Waals surface area contributed by atoms with Crippen LogP contribution in [0.25, 0.3) is 11.1 Å². The van der Waals surface area contributed by atoms with Crippen molar-refractivity contribution in [3.8, 4) is 11.1 Å². The van der Waals surface area contributed by atoms with Gasteiger partial charge >= 0.3 is 42.6 Å². The lowest BCUT2D eigenvalue weighted by molar-refractivity contribution is -0.114. The van der Waals surface area contributed by atoms with Crippen molar-refractivity contribution in [3.05, 3.63) is 82.4 Å². The second-order valence-corrected chi connectivity index (χ2v) is 20.8. The van der Waals surface area contributed by atoms with Crippen molar-refractivity contribution in [2.75, 3.05) is 38.0 Å². The van der Waals surface area contributed by atoms with Crippen molar-refractivity contribution in [2.24, 2.45) is 0 Å². The minimum absolute atomic E-state index is 0.0696. The Morgan fingerprint density at radius 2 is 1.54 bits per heavy atom. The van der Waals surface area contributed by atoms with Gasteiger partial charge in [-0.15, -0.1) is 0 Å². The molecule has 3 aromatic rings. The van der Waals surface area contributed by atoms with Crippen LogP contribution in [0, 0.1) is 0 Å². The Balaban J connectivity index is 0.965. The normalized spacial score (nSPS) is 23.3. The number of amides is 1. The zero-order valence-electron chi connectivity index (χ0n) is 30.5. The number of unbranched alkanes of at least 4 members (excludes halogenated alkanes) is 3. The number of alkyl carbamates (subject to hydrolysis) is 1. The lowest BCUT2D eigenvalue weighted by Gasteiger charge is -2.28. The molecule has 1 aliphatic heterocycles. The number of hydrogen-bond donors (Lipinski definition) is 7. The van der Waals surface area contributed by atoms with Crippen molar-refractivity contribution in [2.45, 2.75) is 62.9 Å².